The number of methoxy groups -OCH3 is 1. The molecule has 0 aliphatic heterocycles. The van der Waals surface area contributed by atoms with Crippen LogP contribution in [-0.4, -0.2) is 31.0 Å². The van der Waals surface area contributed by atoms with E-state index in [1.807, 2.05) is 13.8 Å². The fourth-order valence-corrected chi connectivity index (χ4v) is 2.41. The van der Waals surface area contributed by atoms with E-state index in [2.05, 4.69) is 15.4 Å². The summed E-state index contributed by atoms with van der Waals surface area (Å²) >= 11 is 0. The number of hydrogen-bond acceptors (Lipinski definition) is 5. The Kier molecular flexibility index (Phi) is 6.98. The van der Waals surface area contributed by atoms with E-state index >= 15 is 0 Å². The molecule has 0 atom stereocenters. The summed E-state index contributed by atoms with van der Waals surface area (Å²) in [4.78, 5) is 37.0. The molecule has 0 aliphatic rings. The summed E-state index contributed by atoms with van der Waals surface area (Å²) in [6, 6.07) is 13.2. The normalized spacial score (nSPS) is 11.0. The molecular formula is C22H26N2O5. The molecule has 0 bridgehead atoms. The molecule has 0 aromatic heterocycles. The first kappa shape index (κ1) is 21.9. The van der Waals surface area contributed by atoms with Crippen LogP contribution in [0.1, 0.15) is 38.1 Å². The topological polar surface area (TPSA) is 93.7 Å². The molecule has 2 aromatic carbocycles. The Labute approximate surface area is 170 Å². The van der Waals surface area contributed by atoms with Crippen molar-refractivity contribution in [2.24, 2.45) is 5.41 Å². The number of hydrogen-bond donors (Lipinski definition) is 2. The van der Waals surface area contributed by atoms with E-state index in [9.17, 15) is 14.4 Å². The molecule has 2 aromatic rings. The highest BCUT2D eigenvalue weighted by atomic mass is 16.5. The standard InChI is InChI=1S/C22H26N2O5/c1-14(2)29-18-11-9-16(10-12-18)23-20(26)22(3,4)21(27)24-17-8-6-7-15(13-17)19(25)28-5/h6-14H,1-5H3,(H,23,26)(H,24,27). The number of carbonyl (C=O) groups excluding carboxylic acids is 3. The van der Waals surface area contributed by atoms with Crippen molar-refractivity contribution >= 4 is 29.2 Å². The predicted octanol–water partition coefficient (Wildman–Crippen LogP) is 3.86. The molecule has 2 rings (SSSR count). The Hall–Kier alpha value is -3.35. The average molecular weight is 398 g/mol. The van der Waals surface area contributed by atoms with Gasteiger partial charge in [-0.3, -0.25) is 9.59 Å². The lowest BCUT2D eigenvalue weighted by Gasteiger charge is -2.23. The van der Waals surface area contributed by atoms with Gasteiger partial charge in [0.15, 0.2) is 0 Å². The fraction of sp³-hybridized carbons (Fsp3) is 0.318. The maximum Gasteiger partial charge on any atom is 0.337 e. The second kappa shape index (κ2) is 9.23. The van der Waals surface area contributed by atoms with Gasteiger partial charge in [0.05, 0.1) is 18.8 Å². The maximum atomic E-state index is 12.7. The fourth-order valence-electron chi connectivity index (χ4n) is 2.41. The Morgan fingerprint density at radius 3 is 2.03 bits per heavy atom. The lowest BCUT2D eigenvalue weighted by molar-refractivity contribution is -0.135. The van der Waals surface area contributed by atoms with Gasteiger partial charge >= 0.3 is 5.97 Å². The first-order valence-corrected chi connectivity index (χ1v) is 9.21. The highest BCUT2D eigenvalue weighted by Crippen LogP contribution is 2.23. The molecule has 7 nitrogen and oxygen atoms in total. The summed E-state index contributed by atoms with van der Waals surface area (Å²) in [5, 5.41) is 5.41. The van der Waals surface area contributed by atoms with Gasteiger partial charge in [0, 0.05) is 11.4 Å². The van der Waals surface area contributed by atoms with Gasteiger partial charge in [-0.1, -0.05) is 6.07 Å². The van der Waals surface area contributed by atoms with Crippen LogP contribution in [0.5, 0.6) is 5.75 Å². The smallest absolute Gasteiger partial charge is 0.337 e. The van der Waals surface area contributed by atoms with Crippen LogP contribution < -0.4 is 15.4 Å². The summed E-state index contributed by atoms with van der Waals surface area (Å²) in [5.74, 6) is -0.781. The average Bonchev–Trinajstić information content (AvgIpc) is 2.68. The molecule has 0 fully saturated rings. The van der Waals surface area contributed by atoms with Gasteiger partial charge in [0.1, 0.15) is 11.2 Å². The Balaban J connectivity index is 2.06. The molecule has 0 spiro atoms. The van der Waals surface area contributed by atoms with Crippen LogP contribution >= 0.6 is 0 Å². The van der Waals surface area contributed by atoms with E-state index in [0.29, 0.717) is 22.7 Å². The van der Waals surface area contributed by atoms with Crippen LogP contribution in [0.25, 0.3) is 0 Å². The van der Waals surface area contributed by atoms with Crippen LogP contribution in [-0.2, 0) is 14.3 Å². The van der Waals surface area contributed by atoms with E-state index in [-0.39, 0.29) is 6.10 Å². The highest BCUT2D eigenvalue weighted by Gasteiger charge is 2.36. The molecule has 0 saturated carbocycles. The summed E-state index contributed by atoms with van der Waals surface area (Å²) in [6.07, 6.45) is 0.0516. The van der Waals surface area contributed by atoms with E-state index in [0.717, 1.165) is 0 Å². The van der Waals surface area contributed by atoms with Gasteiger partial charge in [-0.05, 0) is 70.2 Å². The lowest BCUT2D eigenvalue weighted by Crippen LogP contribution is -2.41. The molecule has 0 aliphatic carbocycles. The number of benzene rings is 2. The minimum absolute atomic E-state index is 0.0516. The molecule has 29 heavy (non-hydrogen) atoms. The van der Waals surface area contributed by atoms with Crippen LogP contribution in [0.15, 0.2) is 48.5 Å². The molecule has 0 unspecified atom stereocenters. The van der Waals surface area contributed by atoms with Crippen molar-refractivity contribution < 1.29 is 23.9 Å². The molecule has 154 valence electrons. The van der Waals surface area contributed by atoms with Gasteiger partial charge in [-0.15, -0.1) is 0 Å². The molecule has 2 amide bonds. The molecule has 7 heteroatoms. The summed E-state index contributed by atoms with van der Waals surface area (Å²) in [7, 11) is 1.28. The van der Waals surface area contributed by atoms with E-state index in [4.69, 9.17) is 4.74 Å². The van der Waals surface area contributed by atoms with Crippen molar-refractivity contribution in [3.05, 3.63) is 54.1 Å². The van der Waals surface area contributed by atoms with Gasteiger partial charge in [0.25, 0.3) is 0 Å². The lowest BCUT2D eigenvalue weighted by atomic mass is 9.90. The summed E-state index contributed by atoms with van der Waals surface area (Å²) in [6.45, 7) is 6.91. The zero-order chi connectivity index (χ0) is 21.6. The second-order valence-electron chi connectivity index (χ2n) is 7.30. The minimum Gasteiger partial charge on any atom is -0.491 e. The zero-order valence-electron chi connectivity index (χ0n) is 17.2. The summed E-state index contributed by atoms with van der Waals surface area (Å²) in [5.41, 5.74) is -0.0983. The number of anilines is 2. The van der Waals surface area contributed by atoms with Gasteiger partial charge in [-0.25, -0.2) is 4.79 Å². The highest BCUT2D eigenvalue weighted by molar-refractivity contribution is 6.14. The second-order valence-corrected chi connectivity index (χ2v) is 7.30. The molecular weight excluding hydrogens is 372 g/mol. The van der Waals surface area contributed by atoms with Crippen LogP contribution in [0, 0.1) is 5.41 Å². The SMILES string of the molecule is COC(=O)c1cccc(NC(=O)C(C)(C)C(=O)Nc2ccc(OC(C)C)cc2)c1. The van der Waals surface area contributed by atoms with Crippen molar-refractivity contribution in [1.29, 1.82) is 0 Å². The van der Waals surface area contributed by atoms with Crippen LogP contribution in [0.3, 0.4) is 0 Å². The number of rotatable bonds is 7. The minimum atomic E-state index is -1.35. The predicted molar refractivity (Wildman–Crippen MR) is 111 cm³/mol. The molecule has 0 saturated heterocycles. The molecule has 2 N–H and O–H groups in total. The van der Waals surface area contributed by atoms with Gasteiger partial charge in [0.2, 0.25) is 11.8 Å². The van der Waals surface area contributed by atoms with Crippen molar-refractivity contribution in [2.45, 2.75) is 33.8 Å². The van der Waals surface area contributed by atoms with Crippen LogP contribution in [0.4, 0.5) is 11.4 Å². The number of nitrogens with one attached hydrogen (secondary N) is 2. The van der Waals surface area contributed by atoms with Gasteiger partial charge < -0.3 is 20.1 Å². The van der Waals surface area contributed by atoms with Crippen molar-refractivity contribution in [3.8, 4) is 5.75 Å². The van der Waals surface area contributed by atoms with E-state index < -0.39 is 23.2 Å². The first-order chi connectivity index (χ1) is 13.6. The third-order valence-corrected chi connectivity index (χ3v) is 4.16. The maximum absolute atomic E-state index is 12.7. The third-order valence-electron chi connectivity index (χ3n) is 4.16. The largest absolute Gasteiger partial charge is 0.491 e. The number of amides is 2. The quantitative estimate of drug-likeness (QED) is 0.546. The van der Waals surface area contributed by atoms with E-state index in [1.54, 1.807) is 42.5 Å². The van der Waals surface area contributed by atoms with Crippen molar-refractivity contribution in [3.63, 3.8) is 0 Å². The summed E-state index contributed by atoms with van der Waals surface area (Å²) < 4.78 is 10.2. The first-order valence-electron chi connectivity index (χ1n) is 9.21. The Bertz CT molecular complexity index is 888. The van der Waals surface area contributed by atoms with Gasteiger partial charge in [-0.2, -0.15) is 0 Å². The van der Waals surface area contributed by atoms with Crippen LogP contribution in [0.2, 0.25) is 0 Å². The Morgan fingerprint density at radius 2 is 1.48 bits per heavy atom. The molecule has 0 heterocycles. The van der Waals surface area contributed by atoms with E-state index in [1.165, 1.54) is 27.0 Å². The molecule has 0 radical (unpaired) electrons. The van der Waals surface area contributed by atoms with Crippen molar-refractivity contribution in [1.82, 2.24) is 0 Å². The number of carbonyl (C=O) groups is 3. The monoisotopic (exact) mass is 398 g/mol. The van der Waals surface area contributed by atoms with Crippen molar-refractivity contribution in [2.75, 3.05) is 17.7 Å². The Morgan fingerprint density at radius 1 is 0.897 bits per heavy atom. The third kappa shape index (κ3) is 5.81. The number of esters is 1. The number of ether oxygens (including phenoxy) is 2. The zero-order valence-corrected chi connectivity index (χ0v) is 17.2.